The molecule has 4 heteroatoms. The van der Waals surface area contributed by atoms with Gasteiger partial charge in [-0.25, -0.2) is 0 Å². The molecular weight excluding hydrogens is 264 g/mol. The molecular formula is C17H14N2O2. The van der Waals surface area contributed by atoms with Gasteiger partial charge >= 0.3 is 0 Å². The third kappa shape index (κ3) is 3.00. The van der Waals surface area contributed by atoms with Gasteiger partial charge in [-0.1, -0.05) is 42.5 Å². The third-order valence-corrected chi connectivity index (χ3v) is 3.37. The number of benzene rings is 3. The Balaban J connectivity index is 1.77. The molecule has 0 saturated heterocycles. The second kappa shape index (κ2) is 5.63. The molecule has 0 radical (unpaired) electrons. The van der Waals surface area contributed by atoms with Crippen molar-refractivity contribution in [1.82, 2.24) is 0 Å². The van der Waals surface area contributed by atoms with E-state index in [1.54, 1.807) is 12.1 Å². The van der Waals surface area contributed by atoms with Gasteiger partial charge in [0.1, 0.15) is 0 Å². The fraction of sp³-hybridized carbons (Fsp3) is 0.0588. The summed E-state index contributed by atoms with van der Waals surface area (Å²) in [5, 5.41) is 16.4. The number of nitrogens with one attached hydrogen (secondary N) is 1. The predicted octanol–water partition coefficient (Wildman–Crippen LogP) is 4.36. The Bertz CT molecular complexity index is 799. The second-order valence-corrected chi connectivity index (χ2v) is 4.84. The van der Waals surface area contributed by atoms with E-state index < -0.39 is 0 Å². The van der Waals surface area contributed by atoms with E-state index in [9.17, 15) is 10.1 Å². The van der Waals surface area contributed by atoms with Gasteiger partial charge in [0.15, 0.2) is 0 Å². The zero-order chi connectivity index (χ0) is 14.7. The van der Waals surface area contributed by atoms with Crippen LogP contribution in [0.25, 0.3) is 10.8 Å². The second-order valence-electron chi connectivity index (χ2n) is 4.84. The molecule has 104 valence electrons. The molecule has 3 rings (SSSR count). The Morgan fingerprint density at radius 1 is 0.905 bits per heavy atom. The van der Waals surface area contributed by atoms with Crippen molar-refractivity contribution in [2.24, 2.45) is 0 Å². The highest BCUT2D eigenvalue weighted by Crippen LogP contribution is 2.20. The van der Waals surface area contributed by atoms with Crippen LogP contribution >= 0.6 is 0 Å². The highest BCUT2D eigenvalue weighted by Gasteiger charge is 2.05. The average molecular weight is 278 g/mol. The maximum Gasteiger partial charge on any atom is 0.269 e. The Kier molecular flexibility index (Phi) is 3.51. The first-order valence-corrected chi connectivity index (χ1v) is 6.68. The molecule has 0 bridgehead atoms. The zero-order valence-electron chi connectivity index (χ0n) is 11.3. The van der Waals surface area contributed by atoms with Crippen LogP contribution in [-0.2, 0) is 6.54 Å². The fourth-order valence-electron chi connectivity index (χ4n) is 2.28. The van der Waals surface area contributed by atoms with Crippen LogP contribution in [0, 0.1) is 10.1 Å². The van der Waals surface area contributed by atoms with Gasteiger partial charge in [0.25, 0.3) is 5.69 Å². The van der Waals surface area contributed by atoms with Crippen LogP contribution in [-0.4, -0.2) is 4.92 Å². The fourth-order valence-corrected chi connectivity index (χ4v) is 2.28. The summed E-state index contributed by atoms with van der Waals surface area (Å²) in [7, 11) is 0. The number of nitrogens with zero attached hydrogens (tertiary/aromatic N) is 1. The minimum absolute atomic E-state index is 0.118. The number of rotatable bonds is 4. The molecule has 4 nitrogen and oxygen atoms in total. The zero-order valence-corrected chi connectivity index (χ0v) is 11.3. The topological polar surface area (TPSA) is 55.2 Å². The molecule has 21 heavy (non-hydrogen) atoms. The van der Waals surface area contributed by atoms with E-state index in [-0.39, 0.29) is 10.6 Å². The van der Waals surface area contributed by atoms with E-state index in [0.29, 0.717) is 6.54 Å². The van der Waals surface area contributed by atoms with E-state index in [4.69, 9.17) is 0 Å². The van der Waals surface area contributed by atoms with E-state index in [1.807, 2.05) is 24.3 Å². The molecule has 0 fully saturated rings. The summed E-state index contributed by atoms with van der Waals surface area (Å²) in [4.78, 5) is 10.4. The summed E-state index contributed by atoms with van der Waals surface area (Å²) in [6.45, 7) is 0.556. The average Bonchev–Trinajstić information content (AvgIpc) is 2.53. The van der Waals surface area contributed by atoms with Crippen LogP contribution in [0.1, 0.15) is 5.56 Å². The summed E-state index contributed by atoms with van der Waals surface area (Å²) >= 11 is 0. The van der Waals surface area contributed by atoms with Crippen molar-refractivity contribution < 1.29 is 4.92 Å². The first-order valence-electron chi connectivity index (χ1n) is 6.68. The Hall–Kier alpha value is -2.88. The molecule has 3 aromatic carbocycles. The van der Waals surface area contributed by atoms with Crippen LogP contribution in [0.5, 0.6) is 0 Å². The number of hydrogen-bond acceptors (Lipinski definition) is 3. The van der Waals surface area contributed by atoms with Gasteiger partial charge in [-0.2, -0.15) is 0 Å². The number of non-ortho nitro benzene ring substituents is 1. The van der Waals surface area contributed by atoms with Gasteiger partial charge in [0, 0.05) is 24.4 Å². The number of nitro benzene ring substituents is 1. The number of fused-ring (bicyclic) bond motifs is 1. The molecule has 1 N–H and O–H groups in total. The van der Waals surface area contributed by atoms with Gasteiger partial charge in [-0.15, -0.1) is 0 Å². The van der Waals surface area contributed by atoms with Crippen molar-refractivity contribution >= 4 is 22.1 Å². The SMILES string of the molecule is O=[N+]([O-])c1cccc(CNc2ccc3ccccc3c2)c1. The molecule has 3 aromatic rings. The maximum atomic E-state index is 10.8. The minimum Gasteiger partial charge on any atom is -0.381 e. The van der Waals surface area contributed by atoms with Crippen molar-refractivity contribution in [3.63, 3.8) is 0 Å². The molecule has 0 aromatic heterocycles. The summed E-state index contributed by atoms with van der Waals surface area (Å²) in [5.74, 6) is 0. The van der Waals surface area contributed by atoms with Gasteiger partial charge in [0.05, 0.1) is 4.92 Å². The quantitative estimate of drug-likeness (QED) is 0.570. The highest BCUT2D eigenvalue weighted by atomic mass is 16.6. The standard InChI is InChI=1S/C17H14N2O2/c20-19(21)17-7-3-4-13(10-17)12-18-16-9-8-14-5-1-2-6-15(14)11-16/h1-11,18H,12H2. The largest absolute Gasteiger partial charge is 0.381 e. The van der Waals surface area contributed by atoms with Crippen LogP contribution in [0.15, 0.2) is 66.7 Å². The molecule has 0 amide bonds. The van der Waals surface area contributed by atoms with Crippen molar-refractivity contribution in [1.29, 1.82) is 0 Å². The summed E-state index contributed by atoms with van der Waals surface area (Å²) in [5.41, 5.74) is 2.00. The van der Waals surface area contributed by atoms with Crippen LogP contribution in [0.3, 0.4) is 0 Å². The van der Waals surface area contributed by atoms with Crippen LogP contribution < -0.4 is 5.32 Å². The number of anilines is 1. The molecule has 0 heterocycles. The van der Waals surface area contributed by atoms with E-state index in [0.717, 1.165) is 11.3 Å². The van der Waals surface area contributed by atoms with Crippen molar-refractivity contribution in [2.75, 3.05) is 5.32 Å². The molecule has 0 aliphatic carbocycles. The van der Waals surface area contributed by atoms with Crippen LogP contribution in [0.2, 0.25) is 0 Å². The first-order chi connectivity index (χ1) is 10.2. The minimum atomic E-state index is -0.375. The van der Waals surface area contributed by atoms with E-state index >= 15 is 0 Å². The molecule has 0 spiro atoms. The summed E-state index contributed by atoms with van der Waals surface area (Å²) in [6, 6.07) is 21.0. The lowest BCUT2D eigenvalue weighted by molar-refractivity contribution is -0.384. The number of nitro groups is 1. The van der Waals surface area contributed by atoms with Gasteiger partial charge in [-0.05, 0) is 28.5 Å². The van der Waals surface area contributed by atoms with Gasteiger partial charge in [0.2, 0.25) is 0 Å². The Morgan fingerprint density at radius 3 is 2.52 bits per heavy atom. The van der Waals surface area contributed by atoms with Crippen molar-refractivity contribution in [3.05, 3.63) is 82.4 Å². The lowest BCUT2D eigenvalue weighted by atomic mass is 10.1. The summed E-state index contributed by atoms with van der Waals surface area (Å²) in [6.07, 6.45) is 0. The lowest BCUT2D eigenvalue weighted by Crippen LogP contribution is -2.00. The van der Waals surface area contributed by atoms with Crippen LogP contribution in [0.4, 0.5) is 11.4 Å². The predicted molar refractivity (Wildman–Crippen MR) is 84.4 cm³/mol. The molecule has 0 aliphatic rings. The molecule has 0 atom stereocenters. The molecule has 0 unspecified atom stereocenters. The van der Waals surface area contributed by atoms with Crippen molar-refractivity contribution in [3.8, 4) is 0 Å². The van der Waals surface area contributed by atoms with Gasteiger partial charge < -0.3 is 5.32 Å². The normalized spacial score (nSPS) is 10.5. The Labute approximate surface area is 122 Å². The van der Waals surface area contributed by atoms with E-state index in [1.165, 1.54) is 16.8 Å². The monoisotopic (exact) mass is 278 g/mol. The lowest BCUT2D eigenvalue weighted by Gasteiger charge is -2.08. The van der Waals surface area contributed by atoms with Gasteiger partial charge in [-0.3, -0.25) is 10.1 Å². The molecule has 0 saturated carbocycles. The summed E-state index contributed by atoms with van der Waals surface area (Å²) < 4.78 is 0. The number of hydrogen-bond donors (Lipinski definition) is 1. The maximum absolute atomic E-state index is 10.8. The Morgan fingerprint density at radius 2 is 1.71 bits per heavy atom. The highest BCUT2D eigenvalue weighted by molar-refractivity contribution is 5.85. The van der Waals surface area contributed by atoms with E-state index in [2.05, 4.69) is 29.6 Å². The third-order valence-electron chi connectivity index (χ3n) is 3.37. The smallest absolute Gasteiger partial charge is 0.269 e. The van der Waals surface area contributed by atoms with Crippen molar-refractivity contribution in [2.45, 2.75) is 6.54 Å². The first kappa shape index (κ1) is 13.1. The molecule has 0 aliphatic heterocycles.